The third-order valence-corrected chi connectivity index (χ3v) is 7.06. The number of carbonyl (C=O) groups excluding carboxylic acids is 2. The van der Waals surface area contributed by atoms with Gasteiger partial charge in [0.05, 0.1) is 12.8 Å². The van der Waals surface area contributed by atoms with Gasteiger partial charge >= 0.3 is 11.9 Å². The number of rotatable bonds is 15. The third-order valence-electron chi connectivity index (χ3n) is 6.07. The molecule has 30 heavy (non-hydrogen) atoms. The van der Waals surface area contributed by atoms with E-state index >= 15 is 0 Å². The molecule has 0 aromatic carbocycles. The summed E-state index contributed by atoms with van der Waals surface area (Å²) in [6, 6.07) is 0. The molecule has 0 heterocycles. The molecule has 0 amide bonds. The highest BCUT2D eigenvalue weighted by atomic mass is 32.2. The van der Waals surface area contributed by atoms with Crippen LogP contribution in [0.25, 0.3) is 0 Å². The molecule has 0 aliphatic heterocycles. The van der Waals surface area contributed by atoms with Gasteiger partial charge in [-0.2, -0.15) is 11.8 Å². The number of thioether (sulfide) groups is 1. The van der Waals surface area contributed by atoms with E-state index in [2.05, 4.69) is 48.5 Å². The van der Waals surface area contributed by atoms with Crippen LogP contribution in [0.4, 0.5) is 0 Å². The monoisotopic (exact) mass is 444 g/mol. The SMILES string of the molecule is CCC(C)(C)CC(C)(C)OC(=O)CCSCCC(=O)OC(C)(CC)CC(C)(C)CC. The highest BCUT2D eigenvalue weighted by molar-refractivity contribution is 7.99. The fraction of sp³-hybridized carbons (Fsp3) is 0.920. The minimum atomic E-state index is -0.456. The van der Waals surface area contributed by atoms with Crippen molar-refractivity contribution < 1.29 is 19.1 Å². The molecule has 4 nitrogen and oxygen atoms in total. The van der Waals surface area contributed by atoms with E-state index in [1.807, 2.05) is 20.8 Å². The van der Waals surface area contributed by atoms with E-state index in [0.717, 1.165) is 32.1 Å². The first-order valence-electron chi connectivity index (χ1n) is 11.6. The van der Waals surface area contributed by atoms with Crippen molar-refractivity contribution in [3.8, 4) is 0 Å². The second-order valence-electron chi connectivity index (χ2n) is 11.0. The predicted octanol–water partition coefficient (Wildman–Crippen LogP) is 7.19. The molecule has 0 radical (unpaired) electrons. The van der Waals surface area contributed by atoms with Crippen LogP contribution in [0, 0.1) is 10.8 Å². The second-order valence-corrected chi connectivity index (χ2v) is 12.2. The van der Waals surface area contributed by atoms with Gasteiger partial charge in [0.15, 0.2) is 0 Å². The topological polar surface area (TPSA) is 52.6 Å². The zero-order chi connectivity index (χ0) is 23.6. The van der Waals surface area contributed by atoms with Crippen molar-refractivity contribution in [2.75, 3.05) is 11.5 Å². The Kier molecular flexibility index (Phi) is 12.1. The van der Waals surface area contributed by atoms with Crippen LogP contribution in [0.15, 0.2) is 0 Å². The van der Waals surface area contributed by atoms with E-state index in [1.54, 1.807) is 11.8 Å². The Morgan fingerprint density at radius 1 is 0.667 bits per heavy atom. The Morgan fingerprint density at radius 3 is 1.53 bits per heavy atom. The van der Waals surface area contributed by atoms with Crippen LogP contribution in [0.5, 0.6) is 0 Å². The fourth-order valence-electron chi connectivity index (χ4n) is 3.78. The van der Waals surface area contributed by atoms with Gasteiger partial charge in [0.25, 0.3) is 0 Å². The van der Waals surface area contributed by atoms with Gasteiger partial charge in [0, 0.05) is 11.5 Å². The lowest BCUT2D eigenvalue weighted by Crippen LogP contribution is -2.36. The number of ether oxygens (including phenoxy) is 2. The highest BCUT2D eigenvalue weighted by Gasteiger charge is 2.33. The third kappa shape index (κ3) is 12.9. The van der Waals surface area contributed by atoms with Crippen molar-refractivity contribution in [2.45, 2.75) is 125 Å². The maximum absolute atomic E-state index is 12.3. The zero-order valence-corrected chi connectivity index (χ0v) is 22.2. The van der Waals surface area contributed by atoms with Crippen LogP contribution in [0.3, 0.4) is 0 Å². The van der Waals surface area contributed by atoms with E-state index in [4.69, 9.17) is 9.47 Å². The minimum Gasteiger partial charge on any atom is -0.460 e. The Morgan fingerprint density at radius 2 is 1.10 bits per heavy atom. The average molecular weight is 445 g/mol. The van der Waals surface area contributed by atoms with E-state index in [9.17, 15) is 9.59 Å². The number of esters is 2. The van der Waals surface area contributed by atoms with E-state index < -0.39 is 11.2 Å². The van der Waals surface area contributed by atoms with Crippen LogP contribution >= 0.6 is 11.8 Å². The second kappa shape index (κ2) is 12.4. The Labute approximate surface area is 190 Å². The van der Waals surface area contributed by atoms with E-state index in [0.29, 0.717) is 24.3 Å². The predicted molar refractivity (Wildman–Crippen MR) is 129 cm³/mol. The lowest BCUT2D eigenvalue weighted by molar-refractivity contribution is -0.161. The van der Waals surface area contributed by atoms with Gasteiger partial charge in [-0.05, 0) is 50.9 Å². The van der Waals surface area contributed by atoms with Crippen molar-refractivity contribution in [1.29, 1.82) is 0 Å². The minimum absolute atomic E-state index is 0.149. The smallest absolute Gasteiger partial charge is 0.307 e. The molecule has 1 unspecified atom stereocenters. The highest BCUT2D eigenvalue weighted by Crippen LogP contribution is 2.35. The zero-order valence-electron chi connectivity index (χ0n) is 21.4. The summed E-state index contributed by atoms with van der Waals surface area (Å²) in [5.41, 5.74) is -0.566. The van der Waals surface area contributed by atoms with Crippen LogP contribution in [-0.2, 0) is 19.1 Å². The lowest BCUT2D eigenvalue weighted by Gasteiger charge is -2.36. The van der Waals surface area contributed by atoms with Crippen LogP contribution in [-0.4, -0.2) is 34.6 Å². The number of hydrogen-bond donors (Lipinski definition) is 0. The Hall–Kier alpha value is -0.710. The lowest BCUT2D eigenvalue weighted by atomic mass is 9.78. The van der Waals surface area contributed by atoms with Gasteiger partial charge in [-0.1, -0.05) is 61.3 Å². The van der Waals surface area contributed by atoms with E-state index in [1.165, 1.54) is 0 Å². The average Bonchev–Trinajstić information content (AvgIpc) is 2.59. The van der Waals surface area contributed by atoms with Crippen LogP contribution in [0.2, 0.25) is 0 Å². The maximum atomic E-state index is 12.3. The van der Waals surface area contributed by atoms with Crippen molar-refractivity contribution in [3.63, 3.8) is 0 Å². The summed E-state index contributed by atoms with van der Waals surface area (Å²) in [6.07, 6.45) is 5.36. The molecular weight excluding hydrogens is 396 g/mol. The molecule has 0 aromatic heterocycles. The summed E-state index contributed by atoms with van der Waals surface area (Å²) < 4.78 is 11.5. The fourth-order valence-corrected chi connectivity index (χ4v) is 4.61. The summed E-state index contributed by atoms with van der Waals surface area (Å²) in [5.74, 6) is 1.01. The van der Waals surface area contributed by atoms with Gasteiger partial charge in [0.1, 0.15) is 11.2 Å². The largest absolute Gasteiger partial charge is 0.460 e. The van der Waals surface area contributed by atoms with Crippen LogP contribution < -0.4 is 0 Å². The molecule has 5 heteroatoms. The molecule has 178 valence electrons. The quantitative estimate of drug-likeness (QED) is 0.198. The summed E-state index contributed by atoms with van der Waals surface area (Å²) in [4.78, 5) is 24.5. The molecule has 0 aromatic rings. The van der Waals surface area contributed by atoms with Gasteiger partial charge in [-0.3, -0.25) is 9.59 Å². The summed E-state index contributed by atoms with van der Waals surface area (Å²) in [6.45, 7) is 21.2. The standard InChI is InChI=1S/C25H48O4S/c1-11-22(4,5)18-24(8,9)28-20(26)14-16-30-17-15-21(27)29-25(10,13-3)19-23(6,7)12-2/h11-19H2,1-10H3. The molecule has 1 atom stereocenters. The first kappa shape index (κ1) is 29.3. The van der Waals surface area contributed by atoms with Gasteiger partial charge in [-0.25, -0.2) is 0 Å². The van der Waals surface area contributed by atoms with Gasteiger partial charge < -0.3 is 9.47 Å². The maximum Gasteiger partial charge on any atom is 0.307 e. The molecule has 0 bridgehead atoms. The molecule has 0 aliphatic carbocycles. The molecule has 0 saturated heterocycles. The summed E-state index contributed by atoms with van der Waals surface area (Å²) >= 11 is 1.60. The van der Waals surface area contributed by atoms with Crippen molar-refractivity contribution in [2.24, 2.45) is 10.8 Å². The molecule has 0 aliphatic rings. The van der Waals surface area contributed by atoms with E-state index in [-0.39, 0.29) is 22.8 Å². The molecule has 0 spiro atoms. The summed E-state index contributed by atoms with van der Waals surface area (Å²) in [5, 5.41) is 0. The normalized spacial score (nSPS) is 14.9. The summed E-state index contributed by atoms with van der Waals surface area (Å²) in [7, 11) is 0. The Balaban J connectivity index is 4.25. The van der Waals surface area contributed by atoms with Crippen molar-refractivity contribution in [3.05, 3.63) is 0 Å². The molecule has 0 rings (SSSR count). The molecular formula is C25H48O4S. The molecule has 0 N–H and O–H groups in total. The first-order valence-corrected chi connectivity index (χ1v) is 12.8. The van der Waals surface area contributed by atoms with Crippen molar-refractivity contribution >= 4 is 23.7 Å². The van der Waals surface area contributed by atoms with Crippen molar-refractivity contribution in [1.82, 2.24) is 0 Å². The molecule has 0 fully saturated rings. The van der Waals surface area contributed by atoms with Gasteiger partial charge in [0.2, 0.25) is 0 Å². The number of hydrogen-bond acceptors (Lipinski definition) is 5. The number of carbonyl (C=O) groups is 2. The Bertz CT molecular complexity index is 539. The van der Waals surface area contributed by atoms with Gasteiger partial charge in [-0.15, -0.1) is 0 Å². The van der Waals surface area contributed by atoms with Crippen LogP contribution in [0.1, 0.15) is 114 Å². The molecule has 0 saturated carbocycles. The first-order chi connectivity index (χ1) is 13.6.